The molecule has 1 aliphatic rings. The van der Waals surface area contributed by atoms with Crippen LogP contribution < -0.4 is 4.90 Å². The molecule has 7 heteroatoms. The van der Waals surface area contributed by atoms with E-state index in [0.717, 1.165) is 49.1 Å². The number of carbonyl (C=O) groups is 2. The smallest absolute Gasteiger partial charge is 0.328 e. The predicted molar refractivity (Wildman–Crippen MR) is 125 cm³/mol. The summed E-state index contributed by atoms with van der Waals surface area (Å²) in [5, 5.41) is 9.22. The van der Waals surface area contributed by atoms with Gasteiger partial charge in [0, 0.05) is 48.5 Å². The molecule has 0 unspecified atom stereocenters. The van der Waals surface area contributed by atoms with Gasteiger partial charge in [0.25, 0.3) is 0 Å². The molecule has 2 aromatic rings. The van der Waals surface area contributed by atoms with Gasteiger partial charge in [-0.25, -0.2) is 4.79 Å². The summed E-state index contributed by atoms with van der Waals surface area (Å²) < 4.78 is 0. The zero-order chi connectivity index (χ0) is 20.8. The number of nitrogens with zero attached hydrogens (tertiary/aromatic N) is 2. The van der Waals surface area contributed by atoms with E-state index in [4.69, 9.17) is 16.7 Å². The summed E-state index contributed by atoms with van der Waals surface area (Å²) in [5.41, 5.74) is 3.14. The molecule has 1 N–H and O–H groups in total. The Balaban J connectivity index is 0.00000320. The van der Waals surface area contributed by atoms with Crippen molar-refractivity contribution in [3.63, 3.8) is 0 Å². The average molecular weight is 447 g/mol. The minimum atomic E-state index is -0.989. The lowest BCUT2D eigenvalue weighted by Crippen LogP contribution is -2.44. The molecule has 0 radical (unpaired) electrons. The van der Waals surface area contributed by atoms with Gasteiger partial charge in [0.15, 0.2) is 5.78 Å². The molecule has 30 heavy (non-hydrogen) atoms. The maximum atomic E-state index is 12.9. The molecule has 2 aromatic carbocycles. The van der Waals surface area contributed by atoms with E-state index in [0.29, 0.717) is 10.6 Å². The molecule has 1 saturated heterocycles. The Morgan fingerprint density at radius 2 is 1.50 bits per heavy atom. The van der Waals surface area contributed by atoms with Crippen molar-refractivity contribution in [2.75, 3.05) is 38.1 Å². The highest BCUT2D eigenvalue weighted by atomic mass is 35.5. The second-order valence-electron chi connectivity index (χ2n) is 6.99. The third-order valence-electron chi connectivity index (χ3n) is 4.85. The second-order valence-corrected chi connectivity index (χ2v) is 7.42. The van der Waals surface area contributed by atoms with Gasteiger partial charge in [-0.2, -0.15) is 0 Å². The first-order valence-corrected chi connectivity index (χ1v) is 9.77. The number of hydrogen-bond acceptors (Lipinski definition) is 4. The van der Waals surface area contributed by atoms with E-state index in [1.54, 1.807) is 30.4 Å². The standard InChI is InChI=1S/C23H23ClN2O3.ClH/c1-25-12-14-26(15-13-25)21-9-8-19(24)16-20(21)22(27)10-6-17-2-4-18(5-3-17)7-11-23(28)29;/h2-11,16H,12-15H2,1H3,(H,28,29);1H. The molecule has 1 fully saturated rings. The molecular weight excluding hydrogens is 423 g/mol. The van der Waals surface area contributed by atoms with Crippen LogP contribution in [0.25, 0.3) is 12.2 Å². The number of likely N-dealkylation sites (N-methyl/N-ethyl adjacent to an activating group) is 1. The first kappa shape index (κ1) is 23.7. The van der Waals surface area contributed by atoms with Gasteiger partial charge in [-0.05, 0) is 48.5 Å². The van der Waals surface area contributed by atoms with Gasteiger partial charge in [-0.15, -0.1) is 12.4 Å². The van der Waals surface area contributed by atoms with Gasteiger partial charge in [-0.3, -0.25) is 4.79 Å². The highest BCUT2D eigenvalue weighted by molar-refractivity contribution is 6.31. The highest BCUT2D eigenvalue weighted by Crippen LogP contribution is 2.26. The van der Waals surface area contributed by atoms with Crippen LogP contribution in [0.15, 0.2) is 54.6 Å². The van der Waals surface area contributed by atoms with Gasteiger partial charge in [0.05, 0.1) is 0 Å². The molecule has 0 bridgehead atoms. The van der Waals surface area contributed by atoms with Crippen LogP contribution in [0, 0.1) is 0 Å². The zero-order valence-corrected chi connectivity index (χ0v) is 18.2. The Labute approximate surface area is 187 Å². The quantitative estimate of drug-likeness (QED) is 0.522. The predicted octanol–water partition coefficient (Wildman–Crippen LogP) is 4.51. The van der Waals surface area contributed by atoms with Crippen LogP contribution in [-0.2, 0) is 4.79 Å². The topological polar surface area (TPSA) is 60.9 Å². The lowest BCUT2D eigenvalue weighted by atomic mass is 10.0. The summed E-state index contributed by atoms with van der Waals surface area (Å²) >= 11 is 6.16. The number of carboxylic acids is 1. The van der Waals surface area contributed by atoms with Crippen LogP contribution >= 0.6 is 24.0 Å². The number of ketones is 1. The molecule has 3 rings (SSSR count). The Hall–Kier alpha value is -2.60. The Morgan fingerprint density at radius 3 is 2.07 bits per heavy atom. The van der Waals surface area contributed by atoms with Gasteiger partial charge in [0.2, 0.25) is 0 Å². The number of carboxylic acid groups (broad SMARTS) is 1. The van der Waals surface area contributed by atoms with E-state index in [1.807, 2.05) is 24.3 Å². The van der Waals surface area contributed by atoms with Gasteiger partial charge < -0.3 is 14.9 Å². The monoisotopic (exact) mass is 446 g/mol. The van der Waals surface area contributed by atoms with Crippen LogP contribution in [0.3, 0.4) is 0 Å². The molecule has 0 aliphatic carbocycles. The molecular formula is C23H24Cl2N2O3. The maximum absolute atomic E-state index is 12.9. The Morgan fingerprint density at radius 1 is 0.933 bits per heavy atom. The molecule has 1 aliphatic heterocycles. The molecule has 0 atom stereocenters. The molecule has 1 heterocycles. The van der Waals surface area contributed by atoms with Gasteiger partial charge in [0.1, 0.15) is 0 Å². The average Bonchev–Trinajstić information content (AvgIpc) is 2.72. The zero-order valence-electron chi connectivity index (χ0n) is 16.6. The minimum absolute atomic E-state index is 0. The van der Waals surface area contributed by atoms with Crippen LogP contribution in [0.1, 0.15) is 21.5 Å². The molecule has 0 saturated carbocycles. The van der Waals surface area contributed by atoms with Crippen LogP contribution in [-0.4, -0.2) is 55.0 Å². The normalized spacial score (nSPS) is 14.8. The number of piperazine rings is 1. The second kappa shape index (κ2) is 11.0. The van der Waals surface area contributed by atoms with Crippen molar-refractivity contribution in [3.05, 3.63) is 76.3 Å². The number of hydrogen-bond donors (Lipinski definition) is 1. The van der Waals surface area contributed by atoms with E-state index >= 15 is 0 Å². The number of rotatable bonds is 6. The number of aliphatic carboxylic acids is 1. The van der Waals surface area contributed by atoms with Crippen molar-refractivity contribution in [1.29, 1.82) is 0 Å². The van der Waals surface area contributed by atoms with Gasteiger partial charge in [-0.1, -0.05) is 41.9 Å². The fourth-order valence-corrected chi connectivity index (χ4v) is 3.35. The number of anilines is 1. The van der Waals surface area contributed by atoms with E-state index < -0.39 is 5.97 Å². The SMILES string of the molecule is CN1CCN(c2ccc(Cl)cc2C(=O)C=Cc2ccc(C=CC(=O)O)cc2)CC1.Cl. The van der Waals surface area contributed by atoms with E-state index in [2.05, 4.69) is 16.8 Å². The number of benzene rings is 2. The summed E-state index contributed by atoms with van der Waals surface area (Å²) in [4.78, 5) is 28.0. The molecule has 0 amide bonds. The number of carbonyl (C=O) groups excluding carboxylic acids is 1. The maximum Gasteiger partial charge on any atom is 0.328 e. The van der Waals surface area contributed by atoms with Crippen molar-refractivity contribution in [2.24, 2.45) is 0 Å². The van der Waals surface area contributed by atoms with Crippen LogP contribution in [0.5, 0.6) is 0 Å². The first-order chi connectivity index (χ1) is 13.9. The third kappa shape index (κ3) is 6.46. The van der Waals surface area contributed by atoms with Crippen molar-refractivity contribution < 1.29 is 14.7 Å². The molecule has 158 valence electrons. The molecule has 5 nitrogen and oxygen atoms in total. The van der Waals surface area contributed by atoms with Crippen molar-refractivity contribution in [2.45, 2.75) is 0 Å². The van der Waals surface area contributed by atoms with Crippen molar-refractivity contribution in [1.82, 2.24) is 4.90 Å². The summed E-state index contributed by atoms with van der Waals surface area (Å²) in [6.45, 7) is 3.64. The van der Waals surface area contributed by atoms with Crippen molar-refractivity contribution >= 4 is 53.6 Å². The molecule has 0 aromatic heterocycles. The highest BCUT2D eigenvalue weighted by Gasteiger charge is 2.19. The Bertz CT molecular complexity index is 947. The van der Waals surface area contributed by atoms with Crippen LogP contribution in [0.2, 0.25) is 5.02 Å². The van der Waals surface area contributed by atoms with Gasteiger partial charge >= 0.3 is 5.97 Å². The largest absolute Gasteiger partial charge is 0.478 e. The summed E-state index contributed by atoms with van der Waals surface area (Å²) in [7, 11) is 2.09. The summed E-state index contributed by atoms with van der Waals surface area (Å²) in [6.07, 6.45) is 5.91. The van der Waals surface area contributed by atoms with E-state index in [9.17, 15) is 9.59 Å². The molecule has 0 spiro atoms. The summed E-state index contributed by atoms with van der Waals surface area (Å²) in [5.74, 6) is -1.09. The van der Waals surface area contributed by atoms with Crippen molar-refractivity contribution in [3.8, 4) is 0 Å². The van der Waals surface area contributed by atoms with E-state index in [-0.39, 0.29) is 18.2 Å². The fraction of sp³-hybridized carbons (Fsp3) is 0.217. The third-order valence-corrected chi connectivity index (χ3v) is 5.09. The van der Waals surface area contributed by atoms with E-state index in [1.165, 1.54) is 6.08 Å². The first-order valence-electron chi connectivity index (χ1n) is 9.39. The number of allylic oxidation sites excluding steroid dienone is 1. The minimum Gasteiger partial charge on any atom is -0.478 e. The lowest BCUT2D eigenvalue weighted by Gasteiger charge is -2.35. The lowest BCUT2D eigenvalue weighted by molar-refractivity contribution is -0.131. The number of halogens is 2. The van der Waals surface area contributed by atoms with Crippen LogP contribution in [0.4, 0.5) is 5.69 Å². The fourth-order valence-electron chi connectivity index (χ4n) is 3.18. The Kier molecular flexibility index (Phi) is 8.66. The summed E-state index contributed by atoms with van der Waals surface area (Å²) in [6, 6.07) is 12.7.